The van der Waals surface area contributed by atoms with E-state index in [1.807, 2.05) is 120 Å². The van der Waals surface area contributed by atoms with E-state index < -0.39 is 37.1 Å². The molecule has 0 amide bonds. The first-order chi connectivity index (χ1) is 31.6. The summed E-state index contributed by atoms with van der Waals surface area (Å²) in [6.07, 6.45) is 0. The summed E-state index contributed by atoms with van der Waals surface area (Å²) in [5.41, 5.74) is 4.18. The molecule has 0 fully saturated rings. The molecule has 67 heavy (non-hydrogen) atoms. The Morgan fingerprint density at radius 3 is 1.43 bits per heavy atom. The topological polar surface area (TPSA) is 223 Å². The van der Waals surface area contributed by atoms with E-state index in [0.29, 0.717) is 53.8 Å². The predicted molar refractivity (Wildman–Crippen MR) is 256 cm³/mol. The van der Waals surface area contributed by atoms with E-state index in [1.54, 1.807) is 48.3 Å². The number of sulfonamides is 2. The van der Waals surface area contributed by atoms with Gasteiger partial charge in [-0.15, -0.1) is 10.2 Å². The number of nitrogens with one attached hydrogen (secondary N) is 2. The molecule has 0 radical (unpaired) electrons. The number of nitrogens with zero attached hydrogens (tertiary/aromatic N) is 6. The van der Waals surface area contributed by atoms with Crippen LogP contribution in [0.15, 0.2) is 114 Å². The Labute approximate surface area is 391 Å². The quantitative estimate of drug-likeness (QED) is 0.0731. The van der Waals surface area contributed by atoms with Gasteiger partial charge in [-0.1, -0.05) is 36.4 Å². The Balaban J connectivity index is 0.000000222. The van der Waals surface area contributed by atoms with Crippen molar-refractivity contribution in [3.63, 3.8) is 0 Å². The molecule has 0 spiro atoms. The van der Waals surface area contributed by atoms with E-state index in [-0.39, 0.29) is 17.1 Å². The minimum absolute atomic E-state index is 0.00513. The predicted octanol–water partition coefficient (Wildman–Crippen LogP) is 9.13. The van der Waals surface area contributed by atoms with E-state index in [1.165, 1.54) is 12.1 Å². The highest BCUT2D eigenvalue weighted by atomic mass is 32.2. The van der Waals surface area contributed by atoms with Gasteiger partial charge in [-0.3, -0.25) is 0 Å². The Hall–Kier alpha value is -6.67. The normalized spacial score (nSPS) is 12.1. The Morgan fingerprint density at radius 1 is 0.627 bits per heavy atom. The minimum atomic E-state index is -3.38. The Morgan fingerprint density at radius 2 is 1.06 bits per heavy atom. The van der Waals surface area contributed by atoms with E-state index in [2.05, 4.69) is 24.7 Å². The fraction of sp³-hybridized carbons (Fsp3) is 0.312. The number of aryl methyl sites for hydroxylation is 3. The van der Waals surface area contributed by atoms with Gasteiger partial charge in [-0.25, -0.2) is 40.4 Å². The van der Waals surface area contributed by atoms with Gasteiger partial charge in [-0.2, -0.15) is 10.2 Å². The van der Waals surface area contributed by atoms with Crippen LogP contribution < -0.4 is 18.9 Å². The number of hydrogen-bond acceptors (Lipinski definition) is 12. The van der Waals surface area contributed by atoms with Gasteiger partial charge in [0.2, 0.25) is 43.6 Å². The van der Waals surface area contributed by atoms with Crippen LogP contribution in [0.25, 0.3) is 34.0 Å². The number of carbonyl (C=O) groups is 1. The summed E-state index contributed by atoms with van der Waals surface area (Å²) in [5.74, 6) is 2.26. The molecule has 0 bridgehead atoms. The maximum atomic E-state index is 12.2. The average molecular weight is 953 g/mol. The third-order valence-electron chi connectivity index (χ3n) is 10.6. The summed E-state index contributed by atoms with van der Waals surface area (Å²) in [7, 11) is -6.75. The van der Waals surface area contributed by atoms with Gasteiger partial charge in [0.1, 0.15) is 11.5 Å². The molecule has 0 atom stereocenters. The molecule has 7 aromatic rings. The number of ether oxygens (including phenoxy) is 2. The third kappa shape index (κ3) is 12.6. The second kappa shape index (κ2) is 20.5. The highest BCUT2D eigenvalue weighted by Gasteiger charge is 2.28. The van der Waals surface area contributed by atoms with Crippen molar-refractivity contribution in [1.82, 2.24) is 39.2 Å². The molecule has 0 aliphatic rings. The van der Waals surface area contributed by atoms with Crippen LogP contribution in [0.2, 0.25) is 0 Å². The average Bonchev–Trinajstić information content (AvgIpc) is 4.05. The second-order valence-corrected chi connectivity index (χ2v) is 20.5. The van der Waals surface area contributed by atoms with Crippen LogP contribution in [0, 0.1) is 6.92 Å². The van der Waals surface area contributed by atoms with Crippen molar-refractivity contribution in [3.05, 3.63) is 132 Å². The highest BCUT2D eigenvalue weighted by molar-refractivity contribution is 7.89. The monoisotopic (exact) mass is 952 g/mol. The van der Waals surface area contributed by atoms with E-state index >= 15 is 0 Å². The van der Waals surface area contributed by atoms with Gasteiger partial charge in [0.05, 0.1) is 39.5 Å². The molecule has 3 N–H and O–H groups in total. The van der Waals surface area contributed by atoms with Crippen molar-refractivity contribution in [3.8, 4) is 57.2 Å². The van der Waals surface area contributed by atoms with Crippen LogP contribution in [0.4, 0.5) is 0 Å². The number of aromatic carboxylic acids is 1. The lowest BCUT2D eigenvalue weighted by molar-refractivity contribution is 0.0696. The number of hydrogen-bond donors (Lipinski definition) is 3. The molecular weight excluding hydrogens is 897 g/mol. The minimum Gasteiger partial charge on any atom is -0.478 e. The fourth-order valence-electron chi connectivity index (χ4n) is 6.86. The zero-order chi connectivity index (χ0) is 48.7. The molecule has 0 unspecified atom stereocenters. The van der Waals surface area contributed by atoms with Crippen molar-refractivity contribution in [2.45, 2.75) is 86.5 Å². The van der Waals surface area contributed by atoms with Crippen LogP contribution in [0.1, 0.15) is 82.8 Å². The fourth-order valence-corrected chi connectivity index (χ4v) is 8.94. The molecule has 354 valence electrons. The summed E-state index contributed by atoms with van der Waals surface area (Å²) in [4.78, 5) is 11.0. The van der Waals surface area contributed by atoms with Crippen LogP contribution in [-0.2, 0) is 44.2 Å². The van der Waals surface area contributed by atoms with Crippen LogP contribution in [0.5, 0.6) is 23.3 Å². The van der Waals surface area contributed by atoms with Crippen molar-refractivity contribution >= 4 is 26.0 Å². The summed E-state index contributed by atoms with van der Waals surface area (Å²) in [6.45, 7) is 17.4. The number of carboxylic acid groups (broad SMARTS) is 1. The lowest BCUT2D eigenvalue weighted by atomic mass is 9.93. The largest absolute Gasteiger partial charge is 0.478 e. The van der Waals surface area contributed by atoms with Crippen molar-refractivity contribution < 1.29 is 40.6 Å². The lowest BCUT2D eigenvalue weighted by Crippen LogP contribution is -2.41. The number of benzene rings is 4. The molecule has 3 aromatic heterocycles. The molecule has 19 heteroatoms. The number of carboxylic acids is 1. The van der Waals surface area contributed by atoms with Gasteiger partial charge in [-0.05, 0) is 127 Å². The SMILES string of the molecule is CCn1nc(-c2cccc(C(C)(C)NS(=O)(=O)CC)c2)cc1Oc1ccc(-c2nnc(C)o2)cc1.CCn1nc(-c2cccc(C(C)(C)NS(=O)(=O)CC)c2)cc1Oc1ccc(C(=O)O)cc1. The maximum Gasteiger partial charge on any atom is 0.335 e. The summed E-state index contributed by atoms with van der Waals surface area (Å²) in [6, 6.07) is 32.5. The van der Waals surface area contributed by atoms with Crippen LogP contribution in [-0.4, -0.2) is 69.2 Å². The lowest BCUT2D eigenvalue weighted by Gasteiger charge is -2.26. The van der Waals surface area contributed by atoms with E-state index in [9.17, 15) is 21.6 Å². The van der Waals surface area contributed by atoms with Crippen LogP contribution in [0.3, 0.4) is 0 Å². The molecule has 0 aliphatic carbocycles. The second-order valence-electron chi connectivity index (χ2n) is 16.5. The summed E-state index contributed by atoms with van der Waals surface area (Å²) < 4.78 is 75.0. The van der Waals surface area contributed by atoms with Gasteiger partial charge in [0.15, 0.2) is 0 Å². The smallest absolute Gasteiger partial charge is 0.335 e. The van der Waals surface area contributed by atoms with Gasteiger partial charge >= 0.3 is 5.97 Å². The summed E-state index contributed by atoms with van der Waals surface area (Å²) >= 11 is 0. The summed E-state index contributed by atoms with van der Waals surface area (Å²) in [5, 5.41) is 26.2. The van der Waals surface area contributed by atoms with Gasteiger partial charge in [0, 0.05) is 48.8 Å². The van der Waals surface area contributed by atoms with E-state index in [0.717, 1.165) is 33.5 Å². The molecule has 0 saturated heterocycles. The highest BCUT2D eigenvalue weighted by Crippen LogP contribution is 2.33. The number of rotatable bonds is 18. The zero-order valence-corrected chi connectivity index (χ0v) is 40.6. The van der Waals surface area contributed by atoms with Crippen molar-refractivity contribution in [2.75, 3.05) is 11.5 Å². The van der Waals surface area contributed by atoms with Crippen molar-refractivity contribution in [2.24, 2.45) is 0 Å². The molecule has 4 aromatic carbocycles. The molecule has 17 nitrogen and oxygen atoms in total. The third-order valence-corrected chi connectivity index (χ3v) is 13.8. The van der Waals surface area contributed by atoms with Crippen molar-refractivity contribution in [1.29, 1.82) is 0 Å². The maximum absolute atomic E-state index is 12.2. The Bertz CT molecular complexity index is 3050. The van der Waals surface area contributed by atoms with Gasteiger partial charge in [0.25, 0.3) is 0 Å². The van der Waals surface area contributed by atoms with E-state index in [4.69, 9.17) is 24.1 Å². The first kappa shape index (κ1) is 49.8. The molecule has 0 saturated carbocycles. The Kier molecular flexibility index (Phi) is 15.2. The zero-order valence-electron chi connectivity index (χ0n) is 38.9. The molecule has 3 heterocycles. The molecule has 0 aliphatic heterocycles. The number of aromatic nitrogens is 6. The first-order valence-corrected chi connectivity index (χ1v) is 25.0. The van der Waals surface area contributed by atoms with Gasteiger partial charge < -0.3 is 19.0 Å². The molecule has 7 rings (SSSR count). The first-order valence-electron chi connectivity index (χ1n) is 21.6. The molecular formula is C48H56N8O9S2. The van der Waals surface area contributed by atoms with Crippen LogP contribution >= 0.6 is 0 Å². The standard InChI is InChI=1S/C25H29N5O4S.C23H27N3O5S/c1-6-30-23(34-21-13-11-18(12-14-21)24-27-26-17(3)33-24)16-22(28-30)19-9-8-10-20(15-19)25(4,5)29-35(31,32)7-2;1-5-26-21(31-19-12-10-16(11-13-19)22(27)28)15-20(24-26)17-8-7-9-18(14-17)23(3,4)25-32(29,30)6-2/h8-16,29H,6-7H2,1-5H3;7-15,25H,5-6H2,1-4H3,(H,27,28).